The van der Waals surface area contributed by atoms with Crippen LogP contribution < -0.4 is 11.1 Å². The van der Waals surface area contributed by atoms with Gasteiger partial charge in [0.15, 0.2) is 0 Å². The van der Waals surface area contributed by atoms with E-state index < -0.39 is 0 Å². The maximum atomic E-state index is 13.6. The second kappa shape index (κ2) is 5.40. The molecule has 0 aromatic heterocycles. The Morgan fingerprint density at radius 1 is 1.28 bits per heavy atom. The van der Waals surface area contributed by atoms with Crippen molar-refractivity contribution in [1.29, 1.82) is 0 Å². The monoisotopic (exact) mass is 308 g/mol. The van der Waals surface area contributed by atoms with Gasteiger partial charge in [0.05, 0.1) is 11.4 Å². The molecule has 0 atom stereocenters. The van der Waals surface area contributed by atoms with E-state index in [9.17, 15) is 4.39 Å². The van der Waals surface area contributed by atoms with Crippen molar-refractivity contribution in [3.05, 3.63) is 57.8 Å². The Hall–Kier alpha value is -1.55. The third-order valence-electron chi connectivity index (χ3n) is 2.81. The Labute approximate surface area is 114 Å². The molecule has 2 nitrogen and oxygen atoms in total. The van der Waals surface area contributed by atoms with Crippen LogP contribution in [0.25, 0.3) is 0 Å². The van der Waals surface area contributed by atoms with Crippen LogP contribution in [0.15, 0.2) is 40.9 Å². The summed E-state index contributed by atoms with van der Waals surface area (Å²) in [6, 6.07) is 10.7. The van der Waals surface area contributed by atoms with Gasteiger partial charge < -0.3 is 11.1 Å². The average Bonchev–Trinajstić information content (AvgIpc) is 2.33. The maximum absolute atomic E-state index is 13.6. The van der Waals surface area contributed by atoms with Gasteiger partial charge in [-0.05, 0) is 42.3 Å². The molecular formula is C14H14BrFN2. The summed E-state index contributed by atoms with van der Waals surface area (Å²) in [7, 11) is 0. The minimum absolute atomic E-state index is 0.331. The number of hydrogen-bond donors (Lipinski definition) is 2. The van der Waals surface area contributed by atoms with Crippen molar-refractivity contribution in [2.45, 2.75) is 13.5 Å². The van der Waals surface area contributed by atoms with Crippen LogP contribution in [0.2, 0.25) is 0 Å². The van der Waals surface area contributed by atoms with E-state index in [0.717, 1.165) is 15.6 Å². The summed E-state index contributed by atoms with van der Waals surface area (Å²) in [5.41, 5.74) is 8.78. The molecule has 0 aliphatic rings. The molecule has 0 bridgehead atoms. The van der Waals surface area contributed by atoms with Gasteiger partial charge in [-0.25, -0.2) is 4.39 Å². The Morgan fingerprint density at radius 2 is 2.06 bits per heavy atom. The highest BCUT2D eigenvalue weighted by Gasteiger charge is 2.06. The van der Waals surface area contributed by atoms with E-state index in [1.165, 1.54) is 6.07 Å². The van der Waals surface area contributed by atoms with Crippen LogP contribution in [0.3, 0.4) is 0 Å². The summed E-state index contributed by atoms with van der Waals surface area (Å²) in [5.74, 6) is -0.331. The van der Waals surface area contributed by atoms with E-state index in [1.807, 2.05) is 25.1 Å². The molecule has 18 heavy (non-hydrogen) atoms. The van der Waals surface area contributed by atoms with Gasteiger partial charge in [0.1, 0.15) is 5.82 Å². The predicted molar refractivity (Wildman–Crippen MR) is 77.0 cm³/mol. The van der Waals surface area contributed by atoms with E-state index in [-0.39, 0.29) is 5.82 Å². The van der Waals surface area contributed by atoms with Crippen molar-refractivity contribution < 1.29 is 4.39 Å². The lowest BCUT2D eigenvalue weighted by Gasteiger charge is -2.12. The molecule has 0 fully saturated rings. The molecule has 0 saturated carbocycles. The maximum Gasteiger partial charge on any atom is 0.148 e. The Morgan fingerprint density at radius 3 is 2.78 bits per heavy atom. The molecule has 0 spiro atoms. The summed E-state index contributed by atoms with van der Waals surface area (Å²) < 4.78 is 14.6. The van der Waals surface area contributed by atoms with Crippen molar-refractivity contribution in [2.75, 3.05) is 11.1 Å². The molecule has 4 heteroatoms. The van der Waals surface area contributed by atoms with Crippen LogP contribution >= 0.6 is 15.9 Å². The molecule has 94 valence electrons. The molecule has 2 rings (SSSR count). The molecule has 0 heterocycles. The number of hydrogen-bond acceptors (Lipinski definition) is 2. The molecule has 3 N–H and O–H groups in total. The van der Waals surface area contributed by atoms with Gasteiger partial charge in [-0.3, -0.25) is 0 Å². The molecule has 0 saturated heterocycles. The predicted octanol–water partition coefficient (Wildman–Crippen LogP) is 4.09. The Kier molecular flexibility index (Phi) is 3.87. The topological polar surface area (TPSA) is 38.0 Å². The second-order valence-electron chi connectivity index (χ2n) is 4.13. The van der Waals surface area contributed by atoms with Crippen molar-refractivity contribution in [2.24, 2.45) is 0 Å². The van der Waals surface area contributed by atoms with Crippen LogP contribution in [-0.4, -0.2) is 0 Å². The van der Waals surface area contributed by atoms with Crippen LogP contribution in [0.1, 0.15) is 11.1 Å². The van der Waals surface area contributed by atoms with Gasteiger partial charge in [0.25, 0.3) is 0 Å². The summed E-state index contributed by atoms with van der Waals surface area (Å²) >= 11 is 3.42. The van der Waals surface area contributed by atoms with Gasteiger partial charge in [0.2, 0.25) is 0 Å². The van der Waals surface area contributed by atoms with Crippen molar-refractivity contribution in [1.82, 2.24) is 0 Å². The lowest BCUT2D eigenvalue weighted by atomic mass is 10.1. The van der Waals surface area contributed by atoms with E-state index in [1.54, 1.807) is 12.1 Å². The molecule has 0 radical (unpaired) electrons. The highest BCUT2D eigenvalue weighted by molar-refractivity contribution is 9.10. The van der Waals surface area contributed by atoms with Gasteiger partial charge in [0, 0.05) is 11.0 Å². The van der Waals surface area contributed by atoms with Crippen LogP contribution in [-0.2, 0) is 6.54 Å². The van der Waals surface area contributed by atoms with E-state index in [2.05, 4.69) is 21.2 Å². The second-order valence-corrected chi connectivity index (χ2v) is 5.04. The van der Waals surface area contributed by atoms with Crippen LogP contribution in [0, 0.1) is 12.7 Å². The SMILES string of the molecule is Cc1ccc(Br)cc1CNc1c(N)cccc1F. The van der Waals surface area contributed by atoms with E-state index in [0.29, 0.717) is 17.9 Å². The Bertz CT molecular complexity index is 549. The Balaban J connectivity index is 2.19. The number of nitrogen functional groups attached to an aromatic ring is 1. The lowest BCUT2D eigenvalue weighted by Crippen LogP contribution is -2.05. The first-order valence-electron chi connectivity index (χ1n) is 5.61. The smallest absolute Gasteiger partial charge is 0.148 e. The van der Waals surface area contributed by atoms with Crippen LogP contribution in [0.5, 0.6) is 0 Å². The third-order valence-corrected chi connectivity index (χ3v) is 3.31. The summed E-state index contributed by atoms with van der Waals surface area (Å²) in [6.07, 6.45) is 0. The highest BCUT2D eigenvalue weighted by Crippen LogP contribution is 2.23. The van der Waals surface area contributed by atoms with E-state index in [4.69, 9.17) is 5.73 Å². The molecule has 0 aliphatic carbocycles. The lowest BCUT2D eigenvalue weighted by molar-refractivity contribution is 0.630. The number of nitrogens with two attached hydrogens (primary N) is 1. The number of para-hydroxylation sites is 1. The zero-order valence-electron chi connectivity index (χ0n) is 10.0. The molecule has 0 unspecified atom stereocenters. The largest absolute Gasteiger partial charge is 0.397 e. The molecule has 0 amide bonds. The number of benzene rings is 2. The fraction of sp³-hybridized carbons (Fsp3) is 0.143. The molecule has 2 aromatic rings. The number of aryl methyl sites for hydroxylation is 1. The number of anilines is 2. The van der Waals surface area contributed by atoms with E-state index >= 15 is 0 Å². The molecule has 2 aromatic carbocycles. The minimum atomic E-state index is -0.331. The first-order chi connectivity index (χ1) is 8.58. The zero-order valence-corrected chi connectivity index (χ0v) is 11.6. The highest BCUT2D eigenvalue weighted by atomic mass is 79.9. The summed E-state index contributed by atoms with van der Waals surface area (Å²) in [4.78, 5) is 0. The van der Waals surface area contributed by atoms with Gasteiger partial charge in [-0.15, -0.1) is 0 Å². The first kappa shape index (κ1) is 12.9. The van der Waals surface area contributed by atoms with Crippen molar-refractivity contribution >= 4 is 27.3 Å². The number of halogens is 2. The van der Waals surface area contributed by atoms with Gasteiger partial charge in [-0.1, -0.05) is 28.1 Å². The van der Waals surface area contributed by atoms with Crippen molar-refractivity contribution in [3.63, 3.8) is 0 Å². The minimum Gasteiger partial charge on any atom is -0.397 e. The van der Waals surface area contributed by atoms with Crippen molar-refractivity contribution in [3.8, 4) is 0 Å². The van der Waals surface area contributed by atoms with Gasteiger partial charge in [-0.2, -0.15) is 0 Å². The summed E-state index contributed by atoms with van der Waals surface area (Å²) in [6.45, 7) is 2.56. The molecular weight excluding hydrogens is 295 g/mol. The standard InChI is InChI=1S/C14H14BrFN2/c1-9-5-6-11(15)7-10(9)8-18-14-12(16)3-2-4-13(14)17/h2-7,18H,8,17H2,1H3. The normalized spacial score (nSPS) is 10.4. The number of nitrogens with one attached hydrogen (secondary N) is 1. The number of rotatable bonds is 3. The fourth-order valence-electron chi connectivity index (χ4n) is 1.74. The van der Waals surface area contributed by atoms with Gasteiger partial charge >= 0.3 is 0 Å². The third kappa shape index (κ3) is 2.82. The zero-order chi connectivity index (χ0) is 13.1. The summed E-state index contributed by atoms with van der Waals surface area (Å²) in [5, 5.41) is 3.04. The quantitative estimate of drug-likeness (QED) is 0.838. The fourth-order valence-corrected chi connectivity index (χ4v) is 2.15. The first-order valence-corrected chi connectivity index (χ1v) is 6.40. The van der Waals surface area contributed by atoms with Crippen LogP contribution in [0.4, 0.5) is 15.8 Å². The molecule has 0 aliphatic heterocycles. The average molecular weight is 309 g/mol.